The number of methoxy groups -OCH3 is 1. The SMILES string of the molecule is COC(=O)[C@H](CCC(=O)c1ccc(OCc2ccccc2F)nc1)NC(=O)OC(C)(C)C. The van der Waals surface area contributed by atoms with Gasteiger partial charge < -0.3 is 19.5 Å². The zero-order chi connectivity index (χ0) is 23.7. The minimum Gasteiger partial charge on any atom is -0.473 e. The number of hydrogen-bond donors (Lipinski definition) is 1. The molecule has 0 unspecified atom stereocenters. The van der Waals surface area contributed by atoms with E-state index in [0.717, 1.165) is 0 Å². The number of rotatable bonds is 9. The molecular formula is C23H27FN2O6. The summed E-state index contributed by atoms with van der Waals surface area (Å²) in [5.74, 6) is -1.10. The topological polar surface area (TPSA) is 104 Å². The van der Waals surface area contributed by atoms with Crippen molar-refractivity contribution in [3.63, 3.8) is 0 Å². The summed E-state index contributed by atoms with van der Waals surface area (Å²) in [6.45, 7) is 5.09. The van der Waals surface area contributed by atoms with Gasteiger partial charge in [-0.1, -0.05) is 18.2 Å². The van der Waals surface area contributed by atoms with Gasteiger partial charge in [0.15, 0.2) is 5.78 Å². The normalized spacial score (nSPS) is 11.9. The largest absolute Gasteiger partial charge is 0.473 e. The van der Waals surface area contributed by atoms with Crippen molar-refractivity contribution < 1.29 is 33.0 Å². The van der Waals surface area contributed by atoms with Crippen LogP contribution in [-0.2, 0) is 20.9 Å². The third-order valence-electron chi connectivity index (χ3n) is 4.23. The van der Waals surface area contributed by atoms with Gasteiger partial charge in [-0.25, -0.2) is 19.0 Å². The fourth-order valence-corrected chi connectivity index (χ4v) is 2.66. The number of halogens is 1. The number of ketones is 1. The maximum absolute atomic E-state index is 13.6. The van der Waals surface area contributed by atoms with Gasteiger partial charge in [0.05, 0.1) is 7.11 Å². The number of nitrogens with zero attached hydrogens (tertiary/aromatic N) is 1. The Kier molecular flexibility index (Phi) is 8.69. The summed E-state index contributed by atoms with van der Waals surface area (Å²) >= 11 is 0. The lowest BCUT2D eigenvalue weighted by Gasteiger charge is -2.22. The van der Waals surface area contributed by atoms with Gasteiger partial charge in [0, 0.05) is 29.8 Å². The van der Waals surface area contributed by atoms with Gasteiger partial charge in [-0.15, -0.1) is 0 Å². The molecule has 8 nitrogen and oxygen atoms in total. The molecule has 0 spiro atoms. The monoisotopic (exact) mass is 446 g/mol. The molecule has 1 atom stereocenters. The quantitative estimate of drug-likeness (QED) is 0.461. The molecule has 0 bridgehead atoms. The van der Waals surface area contributed by atoms with Gasteiger partial charge in [-0.05, 0) is 39.3 Å². The van der Waals surface area contributed by atoms with E-state index in [1.54, 1.807) is 39.0 Å². The number of carbonyl (C=O) groups is 3. The van der Waals surface area contributed by atoms with Crippen molar-refractivity contribution in [3.05, 3.63) is 59.5 Å². The minimum atomic E-state index is -1.03. The molecule has 2 aromatic rings. The molecule has 1 N–H and O–H groups in total. The molecule has 0 saturated heterocycles. The van der Waals surface area contributed by atoms with Crippen molar-refractivity contribution in [3.8, 4) is 5.88 Å². The standard InChI is InChI=1S/C23H27FN2O6/c1-23(2,3)32-22(29)26-18(21(28)30-4)10-11-19(27)15-9-12-20(25-13-15)31-14-16-7-5-6-8-17(16)24/h5-9,12-13,18H,10-11,14H2,1-4H3,(H,26,29)/t18-/m0/s1. The highest BCUT2D eigenvalue weighted by Gasteiger charge is 2.25. The van der Waals surface area contributed by atoms with Gasteiger partial charge in [0.1, 0.15) is 24.1 Å². The molecule has 0 aliphatic rings. The Morgan fingerprint density at radius 2 is 1.84 bits per heavy atom. The van der Waals surface area contributed by atoms with E-state index in [1.165, 1.54) is 31.5 Å². The van der Waals surface area contributed by atoms with Crippen LogP contribution in [0.1, 0.15) is 49.5 Å². The minimum absolute atomic E-state index is 0.00408. The summed E-state index contributed by atoms with van der Waals surface area (Å²) in [6.07, 6.45) is 0.550. The zero-order valence-corrected chi connectivity index (χ0v) is 18.5. The van der Waals surface area contributed by atoms with Gasteiger partial charge in [0.2, 0.25) is 5.88 Å². The third kappa shape index (κ3) is 7.98. The van der Waals surface area contributed by atoms with Gasteiger partial charge in [-0.3, -0.25) is 4.79 Å². The van der Waals surface area contributed by atoms with Crippen LogP contribution in [0.4, 0.5) is 9.18 Å². The number of esters is 1. The van der Waals surface area contributed by atoms with Crippen LogP contribution in [0.2, 0.25) is 0 Å². The van der Waals surface area contributed by atoms with E-state index >= 15 is 0 Å². The first-order valence-corrected chi connectivity index (χ1v) is 10.0. The molecule has 0 aliphatic heterocycles. The van der Waals surface area contributed by atoms with Gasteiger partial charge >= 0.3 is 12.1 Å². The Balaban J connectivity index is 1.91. The van der Waals surface area contributed by atoms with E-state index in [0.29, 0.717) is 11.1 Å². The molecule has 9 heteroatoms. The lowest BCUT2D eigenvalue weighted by atomic mass is 10.0. The molecule has 1 amide bonds. The van der Waals surface area contributed by atoms with E-state index in [9.17, 15) is 18.8 Å². The molecule has 0 radical (unpaired) electrons. The maximum atomic E-state index is 13.6. The highest BCUT2D eigenvalue weighted by atomic mass is 19.1. The second-order valence-electron chi connectivity index (χ2n) is 7.95. The van der Waals surface area contributed by atoms with Crippen LogP contribution in [0.3, 0.4) is 0 Å². The van der Waals surface area contributed by atoms with Gasteiger partial charge in [0.25, 0.3) is 0 Å². The number of amides is 1. The number of pyridine rings is 1. The lowest BCUT2D eigenvalue weighted by Crippen LogP contribution is -2.44. The smallest absolute Gasteiger partial charge is 0.408 e. The molecule has 1 heterocycles. The lowest BCUT2D eigenvalue weighted by molar-refractivity contribution is -0.143. The predicted octanol–water partition coefficient (Wildman–Crippen LogP) is 3.83. The number of ether oxygens (including phenoxy) is 3. The molecule has 0 fully saturated rings. The molecule has 1 aromatic heterocycles. The number of alkyl carbamates (subject to hydrolysis) is 1. The summed E-state index contributed by atoms with van der Waals surface area (Å²) in [6, 6.07) is 8.24. The molecule has 32 heavy (non-hydrogen) atoms. The summed E-state index contributed by atoms with van der Waals surface area (Å²) in [4.78, 5) is 40.5. The van der Waals surface area contributed by atoms with Crippen LogP contribution in [0.15, 0.2) is 42.6 Å². The average Bonchev–Trinajstić information content (AvgIpc) is 2.74. The number of hydrogen-bond acceptors (Lipinski definition) is 7. The van der Waals surface area contributed by atoms with Crippen molar-refractivity contribution in [2.45, 2.75) is 51.9 Å². The van der Waals surface area contributed by atoms with E-state index in [1.807, 2.05) is 0 Å². The van der Waals surface area contributed by atoms with Crippen molar-refractivity contribution in [2.75, 3.05) is 7.11 Å². The fourth-order valence-electron chi connectivity index (χ4n) is 2.66. The first kappa shape index (κ1) is 24.8. The maximum Gasteiger partial charge on any atom is 0.408 e. The number of Topliss-reactive ketones (excluding diaryl/α,β-unsaturated/α-hetero) is 1. The number of nitrogens with one attached hydrogen (secondary N) is 1. The third-order valence-corrected chi connectivity index (χ3v) is 4.23. The average molecular weight is 446 g/mol. The van der Waals surface area contributed by atoms with Crippen molar-refractivity contribution in [2.24, 2.45) is 0 Å². The summed E-state index contributed by atoms with van der Waals surface area (Å²) in [5, 5.41) is 2.42. The van der Waals surface area contributed by atoms with E-state index < -0.39 is 23.7 Å². The summed E-state index contributed by atoms with van der Waals surface area (Å²) < 4.78 is 28.9. The van der Waals surface area contributed by atoms with E-state index in [2.05, 4.69) is 10.3 Å². The number of carbonyl (C=O) groups excluding carboxylic acids is 3. The summed E-state index contributed by atoms with van der Waals surface area (Å²) in [5.41, 5.74) is -0.0348. The highest BCUT2D eigenvalue weighted by Crippen LogP contribution is 2.15. The Labute approximate surface area is 186 Å². The molecule has 0 saturated carbocycles. The zero-order valence-electron chi connectivity index (χ0n) is 18.5. The molecular weight excluding hydrogens is 419 g/mol. The van der Waals surface area contributed by atoms with Crippen molar-refractivity contribution >= 4 is 17.8 Å². The van der Waals surface area contributed by atoms with E-state index in [4.69, 9.17) is 14.2 Å². The van der Waals surface area contributed by atoms with Gasteiger partial charge in [-0.2, -0.15) is 0 Å². The molecule has 172 valence electrons. The predicted molar refractivity (Wildman–Crippen MR) is 114 cm³/mol. The van der Waals surface area contributed by atoms with Crippen LogP contribution in [0, 0.1) is 5.82 Å². The summed E-state index contributed by atoms with van der Waals surface area (Å²) in [7, 11) is 1.19. The number of aromatic nitrogens is 1. The van der Waals surface area contributed by atoms with Crippen LogP contribution >= 0.6 is 0 Å². The fraction of sp³-hybridized carbons (Fsp3) is 0.391. The Morgan fingerprint density at radius 1 is 1.12 bits per heavy atom. The van der Waals surface area contributed by atoms with Crippen LogP contribution in [0.5, 0.6) is 5.88 Å². The Bertz CT molecular complexity index is 940. The van der Waals surface area contributed by atoms with Crippen LogP contribution in [0.25, 0.3) is 0 Å². The van der Waals surface area contributed by atoms with Crippen molar-refractivity contribution in [1.29, 1.82) is 0 Å². The highest BCUT2D eigenvalue weighted by molar-refractivity contribution is 5.96. The number of benzene rings is 1. The molecule has 0 aliphatic carbocycles. The van der Waals surface area contributed by atoms with Crippen LogP contribution < -0.4 is 10.1 Å². The Hall–Kier alpha value is -3.49. The van der Waals surface area contributed by atoms with Crippen LogP contribution in [-0.4, -0.2) is 41.6 Å². The first-order chi connectivity index (χ1) is 15.1. The Morgan fingerprint density at radius 3 is 2.44 bits per heavy atom. The van der Waals surface area contributed by atoms with Crippen molar-refractivity contribution in [1.82, 2.24) is 10.3 Å². The molecule has 1 aromatic carbocycles. The first-order valence-electron chi connectivity index (χ1n) is 10.0. The molecule has 2 rings (SSSR count). The van der Waals surface area contributed by atoms with E-state index in [-0.39, 0.29) is 36.9 Å². The second-order valence-corrected chi connectivity index (χ2v) is 7.95. The second kappa shape index (κ2) is 11.2.